The number of pyridine rings is 2. The number of benzene rings is 4. The van der Waals surface area contributed by atoms with Crippen LogP contribution >= 0.6 is 0 Å². The van der Waals surface area contributed by atoms with E-state index >= 15 is 4.39 Å². The van der Waals surface area contributed by atoms with Gasteiger partial charge >= 0.3 is 17.9 Å². The van der Waals surface area contributed by atoms with E-state index in [1.54, 1.807) is 71.0 Å². The Morgan fingerprint density at radius 2 is 1.51 bits per heavy atom. The Hall–Kier alpha value is -9.24. The van der Waals surface area contributed by atoms with E-state index in [4.69, 9.17) is 19.2 Å². The molecule has 21 heteroatoms. The van der Waals surface area contributed by atoms with E-state index in [0.29, 0.717) is 51.8 Å². The van der Waals surface area contributed by atoms with Gasteiger partial charge < -0.3 is 45.2 Å². The van der Waals surface area contributed by atoms with Crippen LogP contribution in [-0.4, -0.2) is 99.1 Å². The zero-order valence-corrected chi connectivity index (χ0v) is 51.7. The van der Waals surface area contributed by atoms with Crippen molar-refractivity contribution < 1.29 is 66.9 Å². The van der Waals surface area contributed by atoms with Crippen molar-refractivity contribution in [3.8, 4) is 22.5 Å². The molecule has 2 aliphatic carbocycles. The minimum Gasteiger partial charge on any atom is -0.465 e. The minimum absolute atomic E-state index is 0.0115. The van der Waals surface area contributed by atoms with E-state index in [9.17, 15) is 53.1 Å². The molecular weight excluding hydrogens is 1170 g/mol. The Bertz CT molecular complexity index is 3920. The number of rotatable bonds is 26. The number of cyclic esters (lactones) is 1. The first-order valence-electron chi connectivity index (χ1n) is 31.1. The number of aryl methyl sites for hydroxylation is 1. The molecule has 0 spiro atoms. The lowest BCUT2D eigenvalue weighted by atomic mass is 9.81. The van der Waals surface area contributed by atoms with Gasteiger partial charge in [-0.15, -0.1) is 0 Å². The summed E-state index contributed by atoms with van der Waals surface area (Å²) in [5.41, 5.74) is 5.52. The Morgan fingerprint density at radius 1 is 0.813 bits per heavy atom. The highest BCUT2D eigenvalue weighted by molar-refractivity contribution is 5.96. The monoisotopic (exact) mass is 1240 g/mol. The quantitative estimate of drug-likeness (QED) is 0.0199. The van der Waals surface area contributed by atoms with Crippen molar-refractivity contribution in [2.45, 2.75) is 160 Å². The Balaban J connectivity index is 0.698. The van der Waals surface area contributed by atoms with E-state index in [1.165, 1.54) is 10.6 Å². The number of esters is 3. The van der Waals surface area contributed by atoms with Crippen molar-refractivity contribution in [1.29, 1.82) is 0 Å². The van der Waals surface area contributed by atoms with Gasteiger partial charge in [-0.2, -0.15) is 0 Å². The Morgan fingerprint density at radius 3 is 2.21 bits per heavy atom. The average molecular weight is 1240 g/mol. The van der Waals surface area contributed by atoms with Crippen LogP contribution in [0.2, 0.25) is 0 Å². The number of nitrogens with zero attached hydrogens (tertiary/aromatic N) is 2. The summed E-state index contributed by atoms with van der Waals surface area (Å²) in [5, 5.41) is 23.3. The number of ketones is 2. The van der Waals surface area contributed by atoms with Gasteiger partial charge in [0.15, 0.2) is 17.2 Å². The third kappa shape index (κ3) is 14.4. The SMILES string of the molecule is CC[C@@]1(O)C(=O)OCc2c1cc1n(c2=O)Cc2c-1nc1cc(F)c(C)c3c1c2[C@@H](NC(=O)CCCNC(=O)CCC(=O)[C@H](Cc1ccccc1)NC(=O)CCC(=O)CNC(=O)[C@H](CCC(=O)OC(C)(C)C)CC(=O)OCC1c2ccccc2-c2ccccc21)CC3. The summed E-state index contributed by atoms with van der Waals surface area (Å²) in [6.07, 6.45) is -0.529. The lowest BCUT2D eigenvalue weighted by molar-refractivity contribution is -0.172. The van der Waals surface area contributed by atoms with Crippen LogP contribution in [0.5, 0.6) is 0 Å². The number of fused-ring (bicyclic) bond motifs is 8. The first-order chi connectivity index (χ1) is 43.5. The number of nitrogens with one attached hydrogen (secondary N) is 4. The second kappa shape index (κ2) is 27.5. The highest BCUT2D eigenvalue weighted by Gasteiger charge is 2.46. The molecule has 0 saturated heterocycles. The molecule has 0 saturated carbocycles. The Labute approximate surface area is 525 Å². The van der Waals surface area contributed by atoms with Crippen LogP contribution < -0.4 is 26.8 Å². The molecule has 4 atom stereocenters. The van der Waals surface area contributed by atoms with Crippen LogP contribution in [0, 0.1) is 18.7 Å². The molecular formula is C70H75FN6O14. The topological polar surface area (TPSA) is 285 Å². The van der Waals surface area contributed by atoms with Gasteiger partial charge in [-0.1, -0.05) is 85.8 Å². The first-order valence-corrected chi connectivity index (χ1v) is 31.1. The molecule has 2 aliphatic heterocycles. The van der Waals surface area contributed by atoms with Crippen LogP contribution in [0.1, 0.15) is 160 Å². The smallest absolute Gasteiger partial charge is 0.343 e. The molecule has 0 unspecified atom stereocenters. The molecule has 5 N–H and O–H groups in total. The van der Waals surface area contributed by atoms with E-state index in [1.807, 2.05) is 48.5 Å². The molecule has 91 heavy (non-hydrogen) atoms. The van der Waals surface area contributed by atoms with Crippen LogP contribution in [0.15, 0.2) is 95.8 Å². The second-order valence-corrected chi connectivity index (χ2v) is 24.9. The van der Waals surface area contributed by atoms with Crippen molar-refractivity contribution in [3.05, 3.63) is 157 Å². The van der Waals surface area contributed by atoms with Gasteiger partial charge in [-0.3, -0.25) is 43.2 Å². The third-order valence-corrected chi connectivity index (χ3v) is 17.6. The normalized spacial score (nSPS) is 16.6. The lowest BCUT2D eigenvalue weighted by Gasteiger charge is -2.31. The summed E-state index contributed by atoms with van der Waals surface area (Å²) in [7, 11) is 0. The molecule has 20 nitrogen and oxygen atoms in total. The second-order valence-electron chi connectivity index (χ2n) is 24.9. The molecule has 4 aliphatic rings. The first kappa shape index (κ1) is 64.7. The summed E-state index contributed by atoms with van der Waals surface area (Å²) >= 11 is 0. The summed E-state index contributed by atoms with van der Waals surface area (Å²) in [6, 6.07) is 26.0. The van der Waals surface area contributed by atoms with E-state index in [0.717, 1.165) is 33.4 Å². The number of aromatic nitrogens is 2. The molecule has 0 radical (unpaired) electrons. The average Bonchev–Trinajstić information content (AvgIpc) is 1.64. The molecule has 4 aromatic carbocycles. The van der Waals surface area contributed by atoms with Gasteiger partial charge in [0.1, 0.15) is 24.6 Å². The molecule has 10 rings (SSSR count). The summed E-state index contributed by atoms with van der Waals surface area (Å²) in [6.45, 7) is 7.87. The van der Waals surface area contributed by atoms with Gasteiger partial charge in [0, 0.05) is 79.5 Å². The number of hydrogen-bond acceptors (Lipinski definition) is 15. The highest BCUT2D eigenvalue weighted by atomic mass is 19.1. The Kier molecular flexibility index (Phi) is 19.5. The van der Waals surface area contributed by atoms with Gasteiger partial charge in [-0.25, -0.2) is 14.2 Å². The molecule has 2 aromatic heterocycles. The zero-order valence-electron chi connectivity index (χ0n) is 51.7. The van der Waals surface area contributed by atoms with Crippen LogP contribution in [-0.2, 0) is 89.0 Å². The van der Waals surface area contributed by atoms with E-state index < -0.39 is 94.3 Å². The summed E-state index contributed by atoms with van der Waals surface area (Å²) in [5.74, 6) is -6.78. The minimum atomic E-state index is -2.05. The number of amides is 4. The van der Waals surface area contributed by atoms with Gasteiger partial charge in [0.05, 0.1) is 54.1 Å². The number of carbonyl (C=O) groups excluding carboxylic acids is 9. The molecule has 476 valence electrons. The fourth-order valence-corrected chi connectivity index (χ4v) is 12.9. The predicted molar refractivity (Wildman–Crippen MR) is 332 cm³/mol. The molecule has 0 bridgehead atoms. The number of carbonyl (C=O) groups is 9. The summed E-state index contributed by atoms with van der Waals surface area (Å²) < 4.78 is 33.4. The maximum atomic E-state index is 15.5. The van der Waals surface area contributed by atoms with E-state index in [-0.39, 0.29) is 120 Å². The lowest BCUT2D eigenvalue weighted by Crippen LogP contribution is -2.44. The highest BCUT2D eigenvalue weighted by Crippen LogP contribution is 2.47. The maximum absolute atomic E-state index is 15.5. The molecule has 4 amide bonds. The number of hydrogen-bond donors (Lipinski definition) is 5. The van der Waals surface area contributed by atoms with Crippen molar-refractivity contribution >= 4 is 64.0 Å². The predicted octanol–water partition coefficient (Wildman–Crippen LogP) is 7.55. The van der Waals surface area contributed by atoms with Crippen LogP contribution in [0.3, 0.4) is 0 Å². The fraction of sp³-hybridized carbons (Fsp3) is 0.414. The van der Waals surface area contributed by atoms with Gasteiger partial charge in [0.2, 0.25) is 23.6 Å². The zero-order chi connectivity index (χ0) is 64.9. The van der Waals surface area contributed by atoms with E-state index in [2.05, 4.69) is 21.3 Å². The maximum Gasteiger partial charge on any atom is 0.343 e. The molecule has 6 aromatic rings. The fourth-order valence-electron chi connectivity index (χ4n) is 12.9. The van der Waals surface area contributed by atoms with Crippen molar-refractivity contribution in [2.24, 2.45) is 5.92 Å². The summed E-state index contributed by atoms with van der Waals surface area (Å²) in [4.78, 5) is 139. The van der Waals surface area contributed by atoms with Crippen LogP contribution in [0.4, 0.5) is 4.39 Å². The van der Waals surface area contributed by atoms with Gasteiger partial charge in [0.25, 0.3) is 5.56 Å². The third-order valence-electron chi connectivity index (χ3n) is 17.6. The van der Waals surface area contributed by atoms with Crippen molar-refractivity contribution in [2.75, 3.05) is 19.7 Å². The standard InChI is InChI=1S/C70H75FN6O14/c1-6-70(88)51-33-56-65-48(36-77(56)67(86)50(51)38-90-68(70)87)64-53(25-24-43-39(2)52(71)34-55(76-65)63(43)64)74-59(81)21-14-30-72-58(80)28-26-57(79)54(31-40-15-8-7-9-16-40)75-60(82)27-23-42(78)35-73-66(85)41(22-29-61(83)91-69(3,4)5)32-62(84)89-37-49-46-19-12-10-17-44(46)45-18-11-13-20-47(45)49/h7-13,15-20,33-34,41,49,53-54,88H,6,14,21-32,35-38H2,1-5H3,(H,72,80)(H,73,85)(H,74,81)(H,75,82)/t41-,53+,54+,70+/m1/s1. The number of ether oxygens (including phenoxy) is 3. The van der Waals surface area contributed by atoms with Crippen molar-refractivity contribution in [3.63, 3.8) is 0 Å². The molecule has 4 heterocycles. The van der Waals surface area contributed by atoms with Gasteiger partial charge in [-0.05, 0) is 117 Å². The van der Waals surface area contributed by atoms with Crippen LogP contribution in [0.25, 0.3) is 33.4 Å². The number of Topliss-reactive ketones (excluding diaryl/α,β-unsaturated/α-hetero) is 2. The number of aliphatic hydroxyl groups is 1. The number of halogens is 1. The van der Waals surface area contributed by atoms with Crippen molar-refractivity contribution in [1.82, 2.24) is 30.8 Å². The molecule has 0 fully saturated rings. The largest absolute Gasteiger partial charge is 0.465 e.